The van der Waals surface area contributed by atoms with E-state index in [2.05, 4.69) is 24.3 Å². The zero-order valence-corrected chi connectivity index (χ0v) is 13.5. The van der Waals surface area contributed by atoms with Crippen molar-refractivity contribution in [2.24, 2.45) is 0 Å². The molecule has 0 aliphatic heterocycles. The van der Waals surface area contributed by atoms with Crippen molar-refractivity contribution in [2.45, 2.75) is 45.6 Å². The number of aromatic nitrogens is 2. The van der Waals surface area contributed by atoms with E-state index in [-0.39, 0.29) is 0 Å². The van der Waals surface area contributed by atoms with Crippen LogP contribution in [0.25, 0.3) is 5.69 Å². The highest BCUT2D eigenvalue weighted by atomic mass is 35.5. The topological polar surface area (TPSA) is 29.9 Å². The number of rotatable bonds is 6. The van der Waals surface area contributed by atoms with Crippen LogP contribution >= 0.6 is 11.6 Å². The van der Waals surface area contributed by atoms with Gasteiger partial charge in [0.2, 0.25) is 0 Å². The molecule has 0 atom stereocenters. The molecule has 3 rings (SSSR count). The Kier molecular flexibility index (Phi) is 4.32. The lowest BCUT2D eigenvalue weighted by Crippen LogP contribution is -2.18. The minimum absolute atomic E-state index is 0.741. The van der Waals surface area contributed by atoms with Crippen LogP contribution in [0, 0.1) is 13.8 Å². The fourth-order valence-electron chi connectivity index (χ4n) is 2.75. The SMILES string of the molecule is Cc1nn(-c2ccccc2Cl)c(C)c1CCCNC1CC1. The molecule has 1 aliphatic carbocycles. The summed E-state index contributed by atoms with van der Waals surface area (Å²) in [6, 6.07) is 8.66. The molecule has 1 saturated carbocycles. The average Bonchev–Trinajstić information content (AvgIpc) is 3.24. The molecule has 112 valence electrons. The number of benzene rings is 1. The number of nitrogens with one attached hydrogen (secondary N) is 1. The van der Waals surface area contributed by atoms with Gasteiger partial charge in [-0.25, -0.2) is 4.68 Å². The number of hydrogen-bond donors (Lipinski definition) is 1. The first-order valence-electron chi connectivity index (χ1n) is 7.70. The van der Waals surface area contributed by atoms with Crippen molar-refractivity contribution in [3.8, 4) is 5.69 Å². The Balaban J connectivity index is 1.74. The first-order chi connectivity index (χ1) is 10.2. The van der Waals surface area contributed by atoms with Crippen molar-refractivity contribution in [3.05, 3.63) is 46.2 Å². The Morgan fingerprint density at radius 2 is 2.05 bits per heavy atom. The van der Waals surface area contributed by atoms with E-state index in [0.717, 1.165) is 41.8 Å². The lowest BCUT2D eigenvalue weighted by atomic mass is 10.1. The number of halogens is 1. The van der Waals surface area contributed by atoms with Gasteiger partial charge in [-0.15, -0.1) is 0 Å². The highest BCUT2D eigenvalue weighted by molar-refractivity contribution is 6.32. The summed E-state index contributed by atoms with van der Waals surface area (Å²) in [4.78, 5) is 0. The molecule has 0 bridgehead atoms. The second kappa shape index (κ2) is 6.20. The third-order valence-corrected chi connectivity index (χ3v) is 4.46. The number of nitrogens with zero attached hydrogens (tertiary/aromatic N) is 2. The maximum absolute atomic E-state index is 6.29. The maximum Gasteiger partial charge on any atom is 0.0835 e. The van der Waals surface area contributed by atoms with Gasteiger partial charge in [-0.1, -0.05) is 23.7 Å². The van der Waals surface area contributed by atoms with Crippen LogP contribution in [-0.2, 0) is 6.42 Å². The molecule has 2 aromatic rings. The predicted molar refractivity (Wildman–Crippen MR) is 87.4 cm³/mol. The van der Waals surface area contributed by atoms with Crippen molar-refractivity contribution < 1.29 is 0 Å². The van der Waals surface area contributed by atoms with E-state index in [9.17, 15) is 0 Å². The molecule has 1 N–H and O–H groups in total. The monoisotopic (exact) mass is 303 g/mol. The maximum atomic E-state index is 6.29. The predicted octanol–water partition coefficient (Wildman–Crippen LogP) is 3.83. The number of para-hydroxylation sites is 1. The van der Waals surface area contributed by atoms with Crippen LogP contribution in [0.2, 0.25) is 5.02 Å². The fourth-order valence-corrected chi connectivity index (χ4v) is 2.97. The highest BCUT2D eigenvalue weighted by Crippen LogP contribution is 2.24. The minimum atomic E-state index is 0.741. The summed E-state index contributed by atoms with van der Waals surface area (Å²) < 4.78 is 1.97. The Labute approximate surface area is 131 Å². The molecule has 3 nitrogen and oxygen atoms in total. The Morgan fingerprint density at radius 3 is 2.76 bits per heavy atom. The molecule has 0 radical (unpaired) electrons. The summed E-state index contributed by atoms with van der Waals surface area (Å²) in [6.45, 7) is 5.32. The zero-order valence-electron chi connectivity index (χ0n) is 12.7. The fraction of sp³-hybridized carbons (Fsp3) is 0.471. The van der Waals surface area contributed by atoms with E-state index in [1.807, 2.05) is 28.9 Å². The highest BCUT2D eigenvalue weighted by Gasteiger charge is 2.20. The smallest absolute Gasteiger partial charge is 0.0835 e. The summed E-state index contributed by atoms with van der Waals surface area (Å²) in [5.41, 5.74) is 4.63. The zero-order chi connectivity index (χ0) is 14.8. The molecule has 1 aromatic heterocycles. The molecule has 4 heteroatoms. The summed E-state index contributed by atoms with van der Waals surface area (Å²) in [6.07, 6.45) is 4.93. The lowest BCUT2D eigenvalue weighted by Gasteiger charge is -2.07. The van der Waals surface area contributed by atoms with Gasteiger partial charge < -0.3 is 5.32 Å². The van der Waals surface area contributed by atoms with Gasteiger partial charge >= 0.3 is 0 Å². The summed E-state index contributed by atoms with van der Waals surface area (Å²) in [5.74, 6) is 0. The molecular formula is C17H22ClN3. The summed E-state index contributed by atoms with van der Waals surface area (Å²) >= 11 is 6.29. The van der Waals surface area contributed by atoms with E-state index in [1.54, 1.807) is 0 Å². The third kappa shape index (κ3) is 3.30. The van der Waals surface area contributed by atoms with Crippen LogP contribution in [0.5, 0.6) is 0 Å². The standard InChI is InChI=1S/C17H22ClN3/c1-12-15(6-5-11-19-14-9-10-14)13(2)21(20-12)17-8-4-3-7-16(17)18/h3-4,7-8,14,19H,5-6,9-11H2,1-2H3. The summed E-state index contributed by atoms with van der Waals surface area (Å²) in [5, 5.41) is 8.99. The Morgan fingerprint density at radius 1 is 1.29 bits per heavy atom. The van der Waals surface area contributed by atoms with Crippen LogP contribution in [0.15, 0.2) is 24.3 Å². The van der Waals surface area contributed by atoms with Gasteiger partial charge in [0.25, 0.3) is 0 Å². The molecule has 1 aromatic carbocycles. The Hall–Kier alpha value is -1.32. The van der Waals surface area contributed by atoms with Gasteiger partial charge in [0.15, 0.2) is 0 Å². The summed E-state index contributed by atoms with van der Waals surface area (Å²) in [7, 11) is 0. The first kappa shape index (κ1) is 14.6. The van der Waals surface area contributed by atoms with Gasteiger partial charge in [0.1, 0.15) is 0 Å². The number of hydrogen-bond acceptors (Lipinski definition) is 2. The third-order valence-electron chi connectivity index (χ3n) is 4.14. The second-order valence-electron chi connectivity index (χ2n) is 5.84. The Bertz CT molecular complexity index is 629. The quantitative estimate of drug-likeness (QED) is 0.822. The van der Waals surface area contributed by atoms with Crippen molar-refractivity contribution in [1.82, 2.24) is 15.1 Å². The number of aryl methyl sites for hydroxylation is 1. The second-order valence-corrected chi connectivity index (χ2v) is 6.25. The van der Waals surface area contributed by atoms with Crippen LogP contribution in [0.4, 0.5) is 0 Å². The van der Waals surface area contributed by atoms with Gasteiger partial charge in [-0.05, 0) is 63.8 Å². The molecule has 0 spiro atoms. The molecule has 0 amide bonds. The molecule has 21 heavy (non-hydrogen) atoms. The van der Waals surface area contributed by atoms with Crippen molar-refractivity contribution in [1.29, 1.82) is 0 Å². The largest absolute Gasteiger partial charge is 0.314 e. The van der Waals surface area contributed by atoms with Gasteiger partial charge in [0.05, 0.1) is 16.4 Å². The van der Waals surface area contributed by atoms with Crippen LogP contribution in [0.3, 0.4) is 0 Å². The molecule has 1 heterocycles. The van der Waals surface area contributed by atoms with Gasteiger partial charge in [-0.3, -0.25) is 0 Å². The van der Waals surface area contributed by atoms with E-state index in [1.165, 1.54) is 24.1 Å². The molecular weight excluding hydrogens is 282 g/mol. The van der Waals surface area contributed by atoms with E-state index in [4.69, 9.17) is 11.6 Å². The van der Waals surface area contributed by atoms with E-state index in [0.29, 0.717) is 0 Å². The average molecular weight is 304 g/mol. The minimum Gasteiger partial charge on any atom is -0.314 e. The van der Waals surface area contributed by atoms with Crippen molar-refractivity contribution >= 4 is 11.6 Å². The van der Waals surface area contributed by atoms with Crippen LogP contribution < -0.4 is 5.32 Å². The first-order valence-corrected chi connectivity index (χ1v) is 8.08. The van der Waals surface area contributed by atoms with Gasteiger partial charge in [-0.2, -0.15) is 5.10 Å². The van der Waals surface area contributed by atoms with E-state index >= 15 is 0 Å². The van der Waals surface area contributed by atoms with Crippen LogP contribution in [-0.4, -0.2) is 22.4 Å². The molecule has 1 fully saturated rings. The molecule has 0 saturated heterocycles. The molecule has 1 aliphatic rings. The normalized spacial score (nSPS) is 14.6. The van der Waals surface area contributed by atoms with E-state index < -0.39 is 0 Å². The van der Waals surface area contributed by atoms with Crippen molar-refractivity contribution in [3.63, 3.8) is 0 Å². The van der Waals surface area contributed by atoms with Gasteiger partial charge in [0, 0.05) is 11.7 Å². The molecule has 0 unspecified atom stereocenters. The van der Waals surface area contributed by atoms with Crippen LogP contribution in [0.1, 0.15) is 36.2 Å². The van der Waals surface area contributed by atoms with Crippen molar-refractivity contribution in [2.75, 3.05) is 6.54 Å². The lowest BCUT2D eigenvalue weighted by molar-refractivity contribution is 0.644.